The second kappa shape index (κ2) is 3.03. The molecule has 0 amide bonds. The molecule has 0 saturated carbocycles. The lowest BCUT2D eigenvalue weighted by molar-refractivity contribution is 0.556. The summed E-state index contributed by atoms with van der Waals surface area (Å²) in [4.78, 5) is 4.11. The normalized spacial score (nSPS) is 10.4. The first-order chi connectivity index (χ1) is 5.90. The zero-order chi connectivity index (χ0) is 8.39. The molecule has 0 fully saturated rings. The molecule has 0 aromatic carbocycles. The Morgan fingerprint density at radius 1 is 1.42 bits per heavy atom. The Labute approximate surface area is 74.0 Å². The number of rotatable bonds is 2. The molecule has 0 aliphatic heterocycles. The van der Waals surface area contributed by atoms with E-state index in [2.05, 4.69) is 4.98 Å². The van der Waals surface area contributed by atoms with Crippen LogP contribution in [0.4, 0.5) is 0 Å². The van der Waals surface area contributed by atoms with Crippen LogP contribution >= 0.6 is 11.6 Å². The maximum absolute atomic E-state index is 5.56. The van der Waals surface area contributed by atoms with Crippen LogP contribution in [0.5, 0.6) is 0 Å². The van der Waals surface area contributed by atoms with E-state index in [1.807, 2.05) is 0 Å². The first kappa shape index (κ1) is 7.43. The zero-order valence-electron chi connectivity index (χ0n) is 6.16. The first-order valence-corrected chi connectivity index (χ1v) is 3.96. The molecule has 0 atom stereocenters. The molecule has 3 nitrogen and oxygen atoms in total. The second-order valence-electron chi connectivity index (χ2n) is 2.29. The van der Waals surface area contributed by atoms with Crippen molar-refractivity contribution in [3.05, 3.63) is 30.5 Å². The van der Waals surface area contributed by atoms with E-state index in [-0.39, 0.29) is 0 Å². The van der Waals surface area contributed by atoms with Crippen LogP contribution in [0.2, 0.25) is 0 Å². The first-order valence-electron chi connectivity index (χ1n) is 3.43. The molecule has 2 aromatic heterocycles. The quantitative estimate of drug-likeness (QED) is 0.672. The summed E-state index contributed by atoms with van der Waals surface area (Å²) in [7, 11) is 0. The van der Waals surface area contributed by atoms with E-state index in [1.54, 1.807) is 18.6 Å². The van der Waals surface area contributed by atoms with E-state index < -0.39 is 0 Å². The van der Waals surface area contributed by atoms with Gasteiger partial charge < -0.3 is 8.83 Å². The van der Waals surface area contributed by atoms with Crippen LogP contribution in [-0.4, -0.2) is 4.98 Å². The number of hydrogen-bond donors (Lipinski definition) is 0. The Balaban J connectivity index is 2.35. The molecule has 0 unspecified atom stereocenters. The molecule has 2 rings (SSSR count). The predicted molar refractivity (Wildman–Crippen MR) is 43.8 cm³/mol. The molecule has 0 aliphatic rings. The standard InChI is InChI=1S/C8H6ClNO2/c9-3-7-5-12-8(10-7)6-1-2-11-4-6/h1-2,4-5H,3H2. The van der Waals surface area contributed by atoms with Crippen LogP contribution in [0.1, 0.15) is 5.69 Å². The van der Waals surface area contributed by atoms with Gasteiger partial charge in [0, 0.05) is 0 Å². The molecule has 2 heterocycles. The minimum absolute atomic E-state index is 0.362. The smallest absolute Gasteiger partial charge is 0.229 e. The van der Waals surface area contributed by atoms with Crippen molar-refractivity contribution in [3.8, 4) is 11.5 Å². The van der Waals surface area contributed by atoms with Gasteiger partial charge in [0.2, 0.25) is 5.89 Å². The average Bonchev–Trinajstić information content (AvgIpc) is 2.75. The van der Waals surface area contributed by atoms with Crippen molar-refractivity contribution >= 4 is 11.6 Å². The van der Waals surface area contributed by atoms with Crippen molar-refractivity contribution < 1.29 is 8.83 Å². The van der Waals surface area contributed by atoms with Gasteiger partial charge in [0.15, 0.2) is 0 Å². The summed E-state index contributed by atoms with van der Waals surface area (Å²) < 4.78 is 10.0. The molecule has 0 aliphatic carbocycles. The van der Waals surface area contributed by atoms with Crippen LogP contribution in [0, 0.1) is 0 Å². The molecule has 4 heteroatoms. The largest absolute Gasteiger partial charge is 0.472 e. The molecule has 62 valence electrons. The van der Waals surface area contributed by atoms with Gasteiger partial charge in [-0.1, -0.05) is 0 Å². The van der Waals surface area contributed by atoms with Gasteiger partial charge in [-0.3, -0.25) is 0 Å². The molecular weight excluding hydrogens is 178 g/mol. The Bertz CT molecular complexity index is 353. The highest BCUT2D eigenvalue weighted by molar-refractivity contribution is 6.16. The van der Waals surface area contributed by atoms with Crippen molar-refractivity contribution in [2.45, 2.75) is 5.88 Å². The minimum Gasteiger partial charge on any atom is -0.472 e. The summed E-state index contributed by atoms with van der Waals surface area (Å²) >= 11 is 5.56. The van der Waals surface area contributed by atoms with Crippen molar-refractivity contribution in [2.75, 3.05) is 0 Å². The van der Waals surface area contributed by atoms with E-state index in [0.717, 1.165) is 11.3 Å². The van der Waals surface area contributed by atoms with Gasteiger partial charge >= 0.3 is 0 Å². The fourth-order valence-electron chi connectivity index (χ4n) is 0.887. The fraction of sp³-hybridized carbons (Fsp3) is 0.125. The highest BCUT2D eigenvalue weighted by Crippen LogP contribution is 2.19. The molecular formula is C8H6ClNO2. The van der Waals surface area contributed by atoms with Crippen molar-refractivity contribution in [1.82, 2.24) is 4.98 Å². The molecule has 0 bridgehead atoms. The summed E-state index contributed by atoms with van der Waals surface area (Å²) in [6, 6.07) is 1.78. The third-order valence-electron chi connectivity index (χ3n) is 1.46. The van der Waals surface area contributed by atoms with E-state index in [0.29, 0.717) is 11.8 Å². The highest BCUT2D eigenvalue weighted by atomic mass is 35.5. The van der Waals surface area contributed by atoms with Gasteiger partial charge in [0.1, 0.15) is 12.5 Å². The Kier molecular flexibility index (Phi) is 1.87. The third-order valence-corrected chi connectivity index (χ3v) is 1.73. The number of nitrogens with zero attached hydrogens (tertiary/aromatic N) is 1. The van der Waals surface area contributed by atoms with Crippen molar-refractivity contribution in [1.29, 1.82) is 0 Å². The molecule has 2 aromatic rings. The number of aromatic nitrogens is 1. The number of alkyl halides is 1. The van der Waals surface area contributed by atoms with E-state index in [9.17, 15) is 0 Å². The number of hydrogen-bond acceptors (Lipinski definition) is 3. The maximum atomic E-state index is 5.56. The Hall–Kier alpha value is -1.22. The van der Waals surface area contributed by atoms with Gasteiger partial charge in [0.25, 0.3) is 0 Å². The third kappa shape index (κ3) is 1.23. The molecule has 12 heavy (non-hydrogen) atoms. The molecule has 0 N–H and O–H groups in total. The van der Waals surface area contributed by atoms with Gasteiger partial charge in [-0.2, -0.15) is 0 Å². The van der Waals surface area contributed by atoms with Crippen LogP contribution in [0.3, 0.4) is 0 Å². The van der Waals surface area contributed by atoms with E-state index in [1.165, 1.54) is 6.26 Å². The predicted octanol–water partition coefficient (Wildman–Crippen LogP) is 2.67. The summed E-state index contributed by atoms with van der Waals surface area (Å²) in [5, 5.41) is 0. The zero-order valence-corrected chi connectivity index (χ0v) is 6.91. The second-order valence-corrected chi connectivity index (χ2v) is 2.56. The van der Waals surface area contributed by atoms with Gasteiger partial charge in [-0.25, -0.2) is 4.98 Å². The van der Waals surface area contributed by atoms with Gasteiger partial charge in [-0.15, -0.1) is 11.6 Å². The summed E-state index contributed by atoms with van der Waals surface area (Å²) in [5.74, 6) is 0.904. The summed E-state index contributed by atoms with van der Waals surface area (Å²) in [6.45, 7) is 0. The highest BCUT2D eigenvalue weighted by Gasteiger charge is 2.05. The van der Waals surface area contributed by atoms with E-state index in [4.69, 9.17) is 20.4 Å². The number of furan rings is 1. The minimum atomic E-state index is 0.362. The van der Waals surface area contributed by atoms with E-state index >= 15 is 0 Å². The SMILES string of the molecule is ClCc1coc(-c2ccoc2)n1. The van der Waals surface area contributed by atoms with Gasteiger partial charge in [0.05, 0.1) is 23.4 Å². The lowest BCUT2D eigenvalue weighted by atomic mass is 10.3. The summed E-state index contributed by atoms with van der Waals surface area (Å²) in [5.41, 5.74) is 1.55. The number of oxazole rings is 1. The van der Waals surface area contributed by atoms with Crippen LogP contribution in [-0.2, 0) is 5.88 Å². The average molecular weight is 184 g/mol. The van der Waals surface area contributed by atoms with Crippen LogP contribution in [0.25, 0.3) is 11.5 Å². The van der Waals surface area contributed by atoms with Crippen LogP contribution < -0.4 is 0 Å². The van der Waals surface area contributed by atoms with Crippen molar-refractivity contribution in [3.63, 3.8) is 0 Å². The molecule has 0 radical (unpaired) electrons. The Morgan fingerprint density at radius 2 is 2.33 bits per heavy atom. The number of halogens is 1. The molecule has 0 spiro atoms. The van der Waals surface area contributed by atoms with Crippen molar-refractivity contribution in [2.24, 2.45) is 0 Å². The lowest BCUT2D eigenvalue weighted by Crippen LogP contribution is -1.76. The van der Waals surface area contributed by atoms with Crippen LogP contribution in [0.15, 0.2) is 33.7 Å². The summed E-state index contributed by atoms with van der Waals surface area (Å²) in [6.07, 6.45) is 4.68. The maximum Gasteiger partial charge on any atom is 0.229 e. The van der Waals surface area contributed by atoms with Gasteiger partial charge in [-0.05, 0) is 6.07 Å². The lowest BCUT2D eigenvalue weighted by Gasteiger charge is -1.83. The fourth-order valence-corrected chi connectivity index (χ4v) is 1.01. The topological polar surface area (TPSA) is 39.2 Å². The Morgan fingerprint density at radius 3 is 2.92 bits per heavy atom. The molecule has 0 saturated heterocycles. The monoisotopic (exact) mass is 183 g/mol.